The molecule has 0 saturated carbocycles. The first-order chi connectivity index (χ1) is 6.65. The summed E-state index contributed by atoms with van der Waals surface area (Å²) in [5.74, 6) is -0.610. The fourth-order valence-corrected chi connectivity index (χ4v) is 1.13. The first-order valence-electron chi connectivity index (χ1n) is 4.02. The Labute approximate surface area is 86.1 Å². The van der Waals surface area contributed by atoms with Crippen molar-refractivity contribution in [3.63, 3.8) is 0 Å². The SMILES string of the molecule is O=C(NCCO)c1ccc(Cl)cc1O. The lowest BCUT2D eigenvalue weighted by atomic mass is 10.2. The molecule has 0 atom stereocenters. The highest BCUT2D eigenvalue weighted by atomic mass is 35.5. The summed E-state index contributed by atoms with van der Waals surface area (Å²) in [5, 5.41) is 20.6. The molecule has 0 unspecified atom stereocenters. The van der Waals surface area contributed by atoms with Gasteiger partial charge in [-0.15, -0.1) is 0 Å². The van der Waals surface area contributed by atoms with Gasteiger partial charge in [-0.05, 0) is 18.2 Å². The van der Waals surface area contributed by atoms with E-state index in [1.165, 1.54) is 18.2 Å². The summed E-state index contributed by atoms with van der Waals surface area (Å²) >= 11 is 5.59. The number of nitrogens with one attached hydrogen (secondary N) is 1. The number of halogens is 1. The van der Waals surface area contributed by atoms with Gasteiger partial charge in [-0.3, -0.25) is 4.79 Å². The Morgan fingerprint density at radius 1 is 1.50 bits per heavy atom. The number of rotatable bonds is 3. The van der Waals surface area contributed by atoms with Crippen LogP contribution in [0.1, 0.15) is 10.4 Å². The summed E-state index contributed by atoms with van der Waals surface area (Å²) in [6.45, 7) is 0.0149. The van der Waals surface area contributed by atoms with E-state index in [-0.39, 0.29) is 24.5 Å². The van der Waals surface area contributed by atoms with Crippen LogP contribution in [-0.2, 0) is 0 Å². The molecule has 0 aromatic heterocycles. The Morgan fingerprint density at radius 2 is 2.21 bits per heavy atom. The summed E-state index contributed by atoms with van der Waals surface area (Å²) in [4.78, 5) is 11.3. The van der Waals surface area contributed by atoms with E-state index in [0.29, 0.717) is 5.02 Å². The van der Waals surface area contributed by atoms with Gasteiger partial charge in [0.2, 0.25) is 0 Å². The maximum atomic E-state index is 11.3. The van der Waals surface area contributed by atoms with Crippen molar-refractivity contribution in [3.8, 4) is 5.75 Å². The van der Waals surface area contributed by atoms with E-state index in [2.05, 4.69) is 5.32 Å². The Bertz CT molecular complexity index is 341. The molecule has 0 fully saturated rings. The average molecular weight is 216 g/mol. The van der Waals surface area contributed by atoms with Crippen molar-refractivity contribution in [2.75, 3.05) is 13.2 Å². The fourth-order valence-electron chi connectivity index (χ4n) is 0.961. The molecule has 0 spiro atoms. The number of amides is 1. The lowest BCUT2D eigenvalue weighted by Gasteiger charge is -2.05. The zero-order valence-corrected chi connectivity index (χ0v) is 8.08. The molecule has 0 heterocycles. The van der Waals surface area contributed by atoms with Crippen LogP contribution in [0.3, 0.4) is 0 Å². The molecule has 76 valence electrons. The third kappa shape index (κ3) is 2.61. The second-order valence-electron chi connectivity index (χ2n) is 2.64. The maximum Gasteiger partial charge on any atom is 0.255 e. The first-order valence-corrected chi connectivity index (χ1v) is 4.40. The van der Waals surface area contributed by atoms with Gasteiger partial charge in [-0.1, -0.05) is 11.6 Å². The van der Waals surface area contributed by atoms with Gasteiger partial charge in [0.25, 0.3) is 5.91 Å². The number of phenols is 1. The fraction of sp³-hybridized carbons (Fsp3) is 0.222. The van der Waals surface area contributed by atoms with Crippen molar-refractivity contribution in [3.05, 3.63) is 28.8 Å². The van der Waals surface area contributed by atoms with E-state index in [0.717, 1.165) is 0 Å². The molecule has 3 N–H and O–H groups in total. The molecule has 1 rings (SSSR count). The lowest BCUT2D eigenvalue weighted by molar-refractivity contribution is 0.0942. The van der Waals surface area contributed by atoms with Gasteiger partial charge >= 0.3 is 0 Å². The second-order valence-corrected chi connectivity index (χ2v) is 3.08. The van der Waals surface area contributed by atoms with Gasteiger partial charge in [0.15, 0.2) is 0 Å². The molecule has 0 aliphatic carbocycles. The second kappa shape index (κ2) is 4.83. The summed E-state index contributed by atoms with van der Waals surface area (Å²) in [7, 11) is 0. The van der Waals surface area contributed by atoms with E-state index >= 15 is 0 Å². The Balaban J connectivity index is 2.80. The third-order valence-electron chi connectivity index (χ3n) is 1.60. The number of benzene rings is 1. The van der Waals surface area contributed by atoms with Crippen LogP contribution in [0.4, 0.5) is 0 Å². The van der Waals surface area contributed by atoms with Crippen molar-refractivity contribution >= 4 is 17.5 Å². The van der Waals surface area contributed by atoms with Crippen LogP contribution in [0.25, 0.3) is 0 Å². The Morgan fingerprint density at radius 3 is 2.79 bits per heavy atom. The summed E-state index contributed by atoms with van der Waals surface area (Å²) in [5.41, 5.74) is 0.142. The number of carbonyl (C=O) groups is 1. The smallest absolute Gasteiger partial charge is 0.255 e. The minimum Gasteiger partial charge on any atom is -0.507 e. The average Bonchev–Trinajstić information content (AvgIpc) is 2.14. The molecule has 0 bridgehead atoms. The van der Waals surface area contributed by atoms with Crippen molar-refractivity contribution in [2.24, 2.45) is 0 Å². The van der Waals surface area contributed by atoms with Crippen molar-refractivity contribution in [1.29, 1.82) is 0 Å². The number of aromatic hydroxyl groups is 1. The minimum atomic E-state index is -0.437. The highest BCUT2D eigenvalue weighted by Crippen LogP contribution is 2.21. The van der Waals surface area contributed by atoms with Crippen LogP contribution < -0.4 is 5.32 Å². The predicted molar refractivity (Wildman–Crippen MR) is 52.5 cm³/mol. The molecule has 1 aromatic carbocycles. The monoisotopic (exact) mass is 215 g/mol. The highest BCUT2D eigenvalue weighted by molar-refractivity contribution is 6.30. The number of phenolic OH excluding ortho intramolecular Hbond substituents is 1. The molecule has 1 aromatic rings. The zero-order valence-electron chi connectivity index (χ0n) is 7.33. The number of hydrogen-bond donors (Lipinski definition) is 3. The molecule has 0 aliphatic heterocycles. The van der Waals surface area contributed by atoms with E-state index in [9.17, 15) is 9.90 Å². The maximum absolute atomic E-state index is 11.3. The highest BCUT2D eigenvalue weighted by Gasteiger charge is 2.09. The largest absolute Gasteiger partial charge is 0.507 e. The number of hydrogen-bond acceptors (Lipinski definition) is 3. The molecule has 0 aliphatic rings. The standard InChI is InChI=1S/C9H10ClNO3/c10-6-1-2-7(8(13)5-6)9(14)11-3-4-12/h1-2,5,12-13H,3-4H2,(H,11,14). The minimum absolute atomic E-state index is 0.139. The summed E-state index contributed by atoms with van der Waals surface area (Å²) < 4.78 is 0. The topological polar surface area (TPSA) is 69.6 Å². The predicted octanol–water partition coefficient (Wildman–Crippen LogP) is 0.768. The number of carbonyl (C=O) groups excluding carboxylic acids is 1. The van der Waals surface area contributed by atoms with Gasteiger partial charge in [0.05, 0.1) is 12.2 Å². The van der Waals surface area contributed by atoms with Crippen LogP contribution >= 0.6 is 11.6 Å². The lowest BCUT2D eigenvalue weighted by Crippen LogP contribution is -2.26. The van der Waals surface area contributed by atoms with Crippen molar-refractivity contribution in [2.45, 2.75) is 0 Å². The molecule has 1 amide bonds. The van der Waals surface area contributed by atoms with E-state index in [1.807, 2.05) is 0 Å². The quantitative estimate of drug-likeness (QED) is 0.698. The molecular formula is C9H10ClNO3. The van der Waals surface area contributed by atoms with Gasteiger partial charge in [0, 0.05) is 11.6 Å². The van der Waals surface area contributed by atoms with E-state index < -0.39 is 5.91 Å². The van der Waals surface area contributed by atoms with Crippen LogP contribution in [0.15, 0.2) is 18.2 Å². The molecule has 0 saturated heterocycles. The third-order valence-corrected chi connectivity index (χ3v) is 1.84. The van der Waals surface area contributed by atoms with E-state index in [4.69, 9.17) is 16.7 Å². The van der Waals surface area contributed by atoms with Gasteiger partial charge in [-0.25, -0.2) is 0 Å². The van der Waals surface area contributed by atoms with Crippen molar-refractivity contribution < 1.29 is 15.0 Å². The van der Waals surface area contributed by atoms with Gasteiger partial charge < -0.3 is 15.5 Å². The van der Waals surface area contributed by atoms with Crippen LogP contribution in [-0.4, -0.2) is 29.3 Å². The molecule has 14 heavy (non-hydrogen) atoms. The molecular weight excluding hydrogens is 206 g/mol. The summed E-state index contributed by atoms with van der Waals surface area (Å²) in [6.07, 6.45) is 0. The molecule has 0 radical (unpaired) electrons. The summed E-state index contributed by atoms with van der Waals surface area (Å²) in [6, 6.07) is 4.22. The normalized spacial score (nSPS) is 9.86. The van der Waals surface area contributed by atoms with Gasteiger partial charge in [-0.2, -0.15) is 0 Å². The van der Waals surface area contributed by atoms with Crippen LogP contribution in [0.2, 0.25) is 5.02 Å². The van der Waals surface area contributed by atoms with E-state index in [1.54, 1.807) is 0 Å². The number of aliphatic hydroxyl groups is 1. The Kier molecular flexibility index (Phi) is 3.73. The van der Waals surface area contributed by atoms with Crippen LogP contribution in [0, 0.1) is 0 Å². The number of aliphatic hydroxyl groups excluding tert-OH is 1. The van der Waals surface area contributed by atoms with Crippen LogP contribution in [0.5, 0.6) is 5.75 Å². The molecule has 4 nitrogen and oxygen atoms in total. The Hall–Kier alpha value is -1.26. The first kappa shape index (κ1) is 10.8. The molecule has 5 heteroatoms. The van der Waals surface area contributed by atoms with Gasteiger partial charge in [0.1, 0.15) is 5.75 Å². The van der Waals surface area contributed by atoms with Crippen molar-refractivity contribution in [1.82, 2.24) is 5.32 Å². The zero-order chi connectivity index (χ0) is 10.6.